The van der Waals surface area contributed by atoms with E-state index in [-0.39, 0.29) is 5.78 Å². The number of methoxy groups -OCH3 is 1. The van der Waals surface area contributed by atoms with Crippen molar-refractivity contribution in [2.45, 2.75) is 19.3 Å². The second kappa shape index (κ2) is 7.96. The molecule has 0 unspecified atom stereocenters. The molecule has 0 bridgehead atoms. The number of carbonyl (C=O) groups excluding carboxylic acids is 1. The molecule has 0 aliphatic rings. The molecule has 17 heavy (non-hydrogen) atoms. The van der Waals surface area contributed by atoms with Gasteiger partial charge in [0.2, 0.25) is 0 Å². The summed E-state index contributed by atoms with van der Waals surface area (Å²) in [5.41, 5.74) is 0.766. The van der Waals surface area contributed by atoms with Gasteiger partial charge in [-0.2, -0.15) is 0 Å². The normalized spacial score (nSPS) is 9.94. The maximum atomic E-state index is 11.8. The second-order valence-electron chi connectivity index (χ2n) is 3.65. The Hall–Kier alpha value is -1.22. The van der Waals surface area contributed by atoms with E-state index in [4.69, 9.17) is 4.74 Å². The van der Waals surface area contributed by atoms with Gasteiger partial charge in [0.1, 0.15) is 5.75 Å². The Labute approximate surface area is 107 Å². The molecule has 0 aromatic heterocycles. The molecule has 0 aliphatic carbocycles. The van der Waals surface area contributed by atoms with Gasteiger partial charge in [0.15, 0.2) is 5.78 Å². The number of rotatable bonds is 8. The molecule has 0 spiro atoms. The number of thioether (sulfide) groups is 1. The van der Waals surface area contributed by atoms with Gasteiger partial charge in [-0.15, -0.1) is 11.8 Å². The van der Waals surface area contributed by atoms with E-state index in [1.165, 1.54) is 0 Å². The van der Waals surface area contributed by atoms with E-state index >= 15 is 0 Å². The zero-order chi connectivity index (χ0) is 12.5. The summed E-state index contributed by atoms with van der Waals surface area (Å²) in [4.78, 5) is 11.8. The molecule has 0 aliphatic heterocycles. The van der Waals surface area contributed by atoms with Crippen molar-refractivity contribution in [2.24, 2.45) is 0 Å². The van der Waals surface area contributed by atoms with E-state index in [2.05, 4.69) is 6.58 Å². The lowest BCUT2D eigenvalue weighted by molar-refractivity contribution is 0.0980. The van der Waals surface area contributed by atoms with Gasteiger partial charge in [0, 0.05) is 12.0 Å². The maximum absolute atomic E-state index is 11.8. The number of benzene rings is 1. The van der Waals surface area contributed by atoms with Crippen LogP contribution in [0.4, 0.5) is 0 Å². The van der Waals surface area contributed by atoms with Gasteiger partial charge >= 0.3 is 0 Å². The van der Waals surface area contributed by atoms with Crippen molar-refractivity contribution in [3.05, 3.63) is 41.8 Å². The number of hydrogen-bond donors (Lipinski definition) is 0. The van der Waals surface area contributed by atoms with E-state index < -0.39 is 0 Å². The average molecular weight is 250 g/mol. The summed E-state index contributed by atoms with van der Waals surface area (Å²) in [6.07, 6.45) is 2.61. The molecule has 0 amide bonds. The monoisotopic (exact) mass is 250 g/mol. The molecule has 3 heteroatoms. The summed E-state index contributed by atoms with van der Waals surface area (Å²) in [6, 6.07) is 7.28. The fourth-order valence-electron chi connectivity index (χ4n) is 1.48. The first-order valence-corrected chi connectivity index (χ1v) is 6.72. The van der Waals surface area contributed by atoms with Crippen LogP contribution in [-0.2, 0) is 0 Å². The molecule has 0 atom stereocenters. The highest BCUT2D eigenvalue weighted by molar-refractivity contribution is 8.02. The Balaban J connectivity index is 2.33. The third-order valence-corrected chi connectivity index (χ3v) is 3.21. The molecule has 0 heterocycles. The lowest BCUT2D eigenvalue weighted by Crippen LogP contribution is -1.99. The van der Waals surface area contributed by atoms with Gasteiger partial charge in [-0.25, -0.2) is 0 Å². The van der Waals surface area contributed by atoms with E-state index in [1.807, 2.05) is 29.7 Å². The van der Waals surface area contributed by atoms with Gasteiger partial charge in [-0.1, -0.05) is 6.58 Å². The number of unbranched alkanes of at least 4 members (excludes halogenated alkanes) is 1. The molecule has 1 aromatic rings. The quantitative estimate of drug-likeness (QED) is 0.516. The standard InChI is InChI=1S/C14H18O2S/c1-3-17-11-5-4-6-14(15)12-7-9-13(16-2)10-8-12/h3,7-10H,1,4-6,11H2,2H3. The van der Waals surface area contributed by atoms with Crippen LogP contribution in [0.15, 0.2) is 36.3 Å². The fraction of sp³-hybridized carbons (Fsp3) is 0.357. The lowest BCUT2D eigenvalue weighted by atomic mass is 10.1. The Morgan fingerprint density at radius 1 is 1.35 bits per heavy atom. The van der Waals surface area contributed by atoms with Gasteiger partial charge in [-0.3, -0.25) is 4.79 Å². The van der Waals surface area contributed by atoms with Gasteiger partial charge < -0.3 is 4.74 Å². The van der Waals surface area contributed by atoms with Crippen molar-refractivity contribution in [3.8, 4) is 5.75 Å². The summed E-state index contributed by atoms with van der Waals surface area (Å²) >= 11 is 1.70. The van der Waals surface area contributed by atoms with Crippen LogP contribution >= 0.6 is 11.8 Å². The summed E-state index contributed by atoms with van der Waals surface area (Å²) in [5, 5.41) is 1.84. The SMILES string of the molecule is C=CSCCCCC(=O)c1ccc(OC)cc1. The summed E-state index contributed by atoms with van der Waals surface area (Å²) in [6.45, 7) is 3.64. The van der Waals surface area contributed by atoms with Crippen LogP contribution in [0.5, 0.6) is 5.75 Å². The molecule has 0 fully saturated rings. The van der Waals surface area contributed by atoms with Crippen LogP contribution in [0, 0.1) is 0 Å². The van der Waals surface area contributed by atoms with Crippen molar-refractivity contribution in [1.82, 2.24) is 0 Å². The molecular formula is C14H18O2S. The number of Topliss-reactive ketones (excluding diaryl/α,β-unsaturated/α-hetero) is 1. The van der Waals surface area contributed by atoms with Crippen LogP contribution in [0.2, 0.25) is 0 Å². The number of ether oxygens (including phenoxy) is 1. The topological polar surface area (TPSA) is 26.3 Å². The van der Waals surface area contributed by atoms with Crippen LogP contribution < -0.4 is 4.74 Å². The summed E-state index contributed by atoms with van der Waals surface area (Å²) in [5.74, 6) is 2.03. The molecule has 2 nitrogen and oxygen atoms in total. The second-order valence-corrected chi connectivity index (χ2v) is 4.72. The molecular weight excluding hydrogens is 232 g/mol. The minimum atomic E-state index is 0.205. The predicted molar refractivity (Wildman–Crippen MR) is 73.8 cm³/mol. The molecule has 1 aromatic carbocycles. The highest BCUT2D eigenvalue weighted by atomic mass is 32.2. The molecule has 0 N–H and O–H groups in total. The van der Waals surface area contributed by atoms with E-state index in [1.54, 1.807) is 18.9 Å². The first-order chi connectivity index (χ1) is 8.27. The number of carbonyl (C=O) groups is 1. The fourth-order valence-corrected chi connectivity index (χ4v) is 2.01. The molecule has 1 rings (SSSR count). The van der Waals surface area contributed by atoms with Gasteiger partial charge in [0.05, 0.1) is 7.11 Å². The zero-order valence-corrected chi connectivity index (χ0v) is 11.0. The van der Waals surface area contributed by atoms with E-state index in [0.29, 0.717) is 6.42 Å². The molecule has 92 valence electrons. The minimum absolute atomic E-state index is 0.205. The zero-order valence-electron chi connectivity index (χ0n) is 10.1. The Bertz CT molecular complexity index is 357. The van der Waals surface area contributed by atoms with Gasteiger partial charge in [-0.05, 0) is 48.3 Å². The molecule has 0 radical (unpaired) electrons. The third-order valence-electron chi connectivity index (χ3n) is 2.45. The first-order valence-electron chi connectivity index (χ1n) is 5.67. The number of hydrogen-bond acceptors (Lipinski definition) is 3. The Morgan fingerprint density at radius 3 is 2.65 bits per heavy atom. The largest absolute Gasteiger partial charge is 0.497 e. The Kier molecular flexibility index (Phi) is 6.48. The van der Waals surface area contributed by atoms with Crippen LogP contribution in [0.1, 0.15) is 29.6 Å². The average Bonchev–Trinajstić information content (AvgIpc) is 2.38. The summed E-state index contributed by atoms with van der Waals surface area (Å²) in [7, 11) is 1.62. The van der Waals surface area contributed by atoms with Crippen molar-refractivity contribution in [3.63, 3.8) is 0 Å². The van der Waals surface area contributed by atoms with Crippen LogP contribution in [-0.4, -0.2) is 18.6 Å². The first kappa shape index (κ1) is 13.8. The highest BCUT2D eigenvalue weighted by Crippen LogP contribution is 2.14. The van der Waals surface area contributed by atoms with Crippen molar-refractivity contribution < 1.29 is 9.53 Å². The lowest BCUT2D eigenvalue weighted by Gasteiger charge is -2.03. The molecule has 0 saturated heterocycles. The number of ketones is 1. The van der Waals surface area contributed by atoms with Crippen molar-refractivity contribution >= 4 is 17.5 Å². The smallest absolute Gasteiger partial charge is 0.162 e. The minimum Gasteiger partial charge on any atom is -0.497 e. The maximum Gasteiger partial charge on any atom is 0.162 e. The highest BCUT2D eigenvalue weighted by Gasteiger charge is 2.05. The van der Waals surface area contributed by atoms with E-state index in [0.717, 1.165) is 29.9 Å². The van der Waals surface area contributed by atoms with Crippen molar-refractivity contribution in [2.75, 3.05) is 12.9 Å². The summed E-state index contributed by atoms with van der Waals surface area (Å²) < 4.78 is 5.05. The Morgan fingerprint density at radius 2 is 2.06 bits per heavy atom. The van der Waals surface area contributed by atoms with E-state index in [9.17, 15) is 4.79 Å². The van der Waals surface area contributed by atoms with Crippen LogP contribution in [0.25, 0.3) is 0 Å². The molecule has 0 saturated carbocycles. The predicted octanol–water partition coefficient (Wildman–Crippen LogP) is 3.92. The van der Waals surface area contributed by atoms with Crippen molar-refractivity contribution in [1.29, 1.82) is 0 Å². The third kappa shape index (κ3) is 5.09. The van der Waals surface area contributed by atoms with Crippen LogP contribution in [0.3, 0.4) is 0 Å². The van der Waals surface area contributed by atoms with Gasteiger partial charge in [0.25, 0.3) is 0 Å².